The molecule has 90 valence electrons. The Labute approximate surface area is 94.6 Å². The first-order valence-corrected chi connectivity index (χ1v) is 5.43. The smallest absolute Gasteiger partial charge is 0.223 e. The fourth-order valence-corrected chi connectivity index (χ4v) is 1.37. The Morgan fingerprint density at radius 1 is 1.62 bits per heavy atom. The van der Waals surface area contributed by atoms with Gasteiger partial charge in [0.25, 0.3) is 0 Å². The lowest BCUT2D eigenvalue weighted by Crippen LogP contribution is -2.31. The molecule has 1 aromatic heterocycles. The Kier molecular flexibility index (Phi) is 4.91. The zero-order valence-electron chi connectivity index (χ0n) is 9.69. The van der Waals surface area contributed by atoms with E-state index in [1.807, 2.05) is 6.92 Å². The van der Waals surface area contributed by atoms with Crippen LogP contribution in [0, 0.1) is 6.92 Å². The van der Waals surface area contributed by atoms with Crippen LogP contribution in [0.1, 0.15) is 37.9 Å². The van der Waals surface area contributed by atoms with E-state index >= 15 is 0 Å². The van der Waals surface area contributed by atoms with Gasteiger partial charge in [-0.25, -0.2) is 0 Å². The minimum atomic E-state index is -0.0802. The van der Waals surface area contributed by atoms with Gasteiger partial charge in [-0.2, -0.15) is 4.98 Å². The Morgan fingerprint density at radius 2 is 2.38 bits per heavy atom. The maximum absolute atomic E-state index is 11.4. The van der Waals surface area contributed by atoms with Crippen molar-refractivity contribution in [3.63, 3.8) is 0 Å². The molecule has 0 fully saturated rings. The van der Waals surface area contributed by atoms with Crippen LogP contribution in [0.5, 0.6) is 0 Å². The number of aryl methyl sites for hydroxylation is 1. The van der Waals surface area contributed by atoms with Crippen molar-refractivity contribution in [2.24, 2.45) is 5.73 Å². The van der Waals surface area contributed by atoms with Gasteiger partial charge in [0, 0.05) is 19.4 Å². The van der Waals surface area contributed by atoms with Crippen molar-refractivity contribution in [1.82, 2.24) is 15.5 Å². The third-order valence-corrected chi connectivity index (χ3v) is 2.12. The van der Waals surface area contributed by atoms with Crippen molar-refractivity contribution in [2.45, 2.75) is 45.7 Å². The third-order valence-electron chi connectivity index (χ3n) is 2.12. The van der Waals surface area contributed by atoms with Crippen LogP contribution in [0.3, 0.4) is 0 Å². The van der Waals surface area contributed by atoms with Crippen molar-refractivity contribution in [3.05, 3.63) is 11.7 Å². The van der Waals surface area contributed by atoms with Crippen molar-refractivity contribution in [3.8, 4) is 0 Å². The molecule has 0 spiro atoms. The lowest BCUT2D eigenvalue weighted by atomic mass is 10.1. The molecule has 1 rings (SSSR count). The van der Waals surface area contributed by atoms with Crippen LogP contribution in [-0.4, -0.2) is 22.1 Å². The Bertz CT molecular complexity index is 337. The molecule has 6 nitrogen and oxygen atoms in total. The summed E-state index contributed by atoms with van der Waals surface area (Å²) in [5, 5.41) is 6.37. The zero-order valence-corrected chi connectivity index (χ0v) is 9.69. The molecule has 0 aromatic carbocycles. The number of amides is 1. The largest absolute Gasteiger partial charge is 0.349 e. The van der Waals surface area contributed by atoms with E-state index in [2.05, 4.69) is 15.5 Å². The van der Waals surface area contributed by atoms with Gasteiger partial charge in [-0.1, -0.05) is 18.5 Å². The summed E-state index contributed by atoms with van der Waals surface area (Å²) >= 11 is 0. The van der Waals surface area contributed by atoms with Crippen LogP contribution >= 0.6 is 0 Å². The summed E-state index contributed by atoms with van der Waals surface area (Å²) in [6.45, 7) is 4.03. The standard InChI is InChI=1S/C10H18N4O2/c1-3-4-8(11)5-10(15)12-6-9-13-7(2)16-14-9/h8H,3-6,11H2,1-2H3,(H,12,15). The Hall–Kier alpha value is -1.43. The van der Waals surface area contributed by atoms with Gasteiger partial charge in [-0.3, -0.25) is 4.79 Å². The number of aromatic nitrogens is 2. The van der Waals surface area contributed by atoms with Crippen LogP contribution in [-0.2, 0) is 11.3 Å². The van der Waals surface area contributed by atoms with E-state index in [4.69, 9.17) is 10.3 Å². The van der Waals surface area contributed by atoms with Crippen LogP contribution in [0.2, 0.25) is 0 Å². The molecule has 0 aliphatic heterocycles. The number of nitrogens with one attached hydrogen (secondary N) is 1. The summed E-state index contributed by atoms with van der Waals surface area (Å²) in [6.07, 6.45) is 2.18. The molecule has 6 heteroatoms. The van der Waals surface area contributed by atoms with Gasteiger partial charge in [0.2, 0.25) is 11.8 Å². The molecule has 0 radical (unpaired) electrons. The van der Waals surface area contributed by atoms with Gasteiger partial charge in [0.1, 0.15) is 0 Å². The lowest BCUT2D eigenvalue weighted by molar-refractivity contribution is -0.121. The molecule has 1 heterocycles. The molecular formula is C10H18N4O2. The number of hydrogen-bond donors (Lipinski definition) is 2. The number of nitrogens with zero attached hydrogens (tertiary/aromatic N) is 2. The van der Waals surface area contributed by atoms with E-state index in [0.29, 0.717) is 18.1 Å². The first-order valence-electron chi connectivity index (χ1n) is 5.43. The first-order chi connectivity index (χ1) is 7.61. The molecule has 0 saturated carbocycles. The zero-order chi connectivity index (χ0) is 12.0. The van der Waals surface area contributed by atoms with E-state index in [-0.39, 0.29) is 18.5 Å². The molecule has 0 aliphatic carbocycles. The molecule has 3 N–H and O–H groups in total. The number of hydrogen-bond acceptors (Lipinski definition) is 5. The molecule has 0 aliphatic rings. The Morgan fingerprint density at radius 3 is 2.94 bits per heavy atom. The summed E-state index contributed by atoms with van der Waals surface area (Å²) in [7, 11) is 0. The molecule has 16 heavy (non-hydrogen) atoms. The van der Waals surface area contributed by atoms with E-state index in [1.165, 1.54) is 0 Å². The van der Waals surface area contributed by atoms with Crippen LogP contribution in [0.15, 0.2) is 4.52 Å². The number of carbonyl (C=O) groups excluding carboxylic acids is 1. The minimum absolute atomic E-state index is 0.0722. The van der Waals surface area contributed by atoms with Gasteiger partial charge < -0.3 is 15.6 Å². The van der Waals surface area contributed by atoms with Crippen LogP contribution in [0.4, 0.5) is 0 Å². The molecule has 1 atom stereocenters. The molecule has 1 unspecified atom stereocenters. The van der Waals surface area contributed by atoms with Gasteiger partial charge in [-0.15, -0.1) is 0 Å². The number of rotatable bonds is 6. The summed E-state index contributed by atoms with van der Waals surface area (Å²) < 4.78 is 4.78. The molecule has 1 aromatic rings. The van der Waals surface area contributed by atoms with Crippen molar-refractivity contribution < 1.29 is 9.32 Å². The fourth-order valence-electron chi connectivity index (χ4n) is 1.37. The maximum atomic E-state index is 11.4. The average Bonchev–Trinajstić information content (AvgIpc) is 2.61. The summed E-state index contributed by atoms with van der Waals surface area (Å²) in [5.74, 6) is 0.894. The van der Waals surface area contributed by atoms with Crippen molar-refractivity contribution >= 4 is 5.91 Å². The number of nitrogens with two attached hydrogens (primary N) is 1. The van der Waals surface area contributed by atoms with E-state index in [9.17, 15) is 4.79 Å². The van der Waals surface area contributed by atoms with Crippen LogP contribution in [0.25, 0.3) is 0 Å². The predicted octanol–water partition coefficient (Wildman–Crippen LogP) is 0.512. The molecule has 0 bridgehead atoms. The van der Waals surface area contributed by atoms with E-state index < -0.39 is 0 Å². The second kappa shape index (κ2) is 6.22. The fraction of sp³-hybridized carbons (Fsp3) is 0.700. The predicted molar refractivity (Wildman–Crippen MR) is 58.4 cm³/mol. The monoisotopic (exact) mass is 226 g/mol. The Balaban J connectivity index is 2.25. The quantitative estimate of drug-likeness (QED) is 0.737. The first kappa shape index (κ1) is 12.6. The molecule has 0 saturated heterocycles. The highest BCUT2D eigenvalue weighted by molar-refractivity contribution is 5.76. The highest BCUT2D eigenvalue weighted by atomic mass is 16.5. The molecule has 1 amide bonds. The van der Waals surface area contributed by atoms with Gasteiger partial charge in [0.05, 0.1) is 6.54 Å². The van der Waals surface area contributed by atoms with E-state index in [1.54, 1.807) is 6.92 Å². The topological polar surface area (TPSA) is 94.0 Å². The van der Waals surface area contributed by atoms with Crippen molar-refractivity contribution in [2.75, 3.05) is 0 Å². The summed E-state index contributed by atoms with van der Waals surface area (Å²) in [4.78, 5) is 15.4. The lowest BCUT2D eigenvalue weighted by Gasteiger charge is -2.09. The van der Waals surface area contributed by atoms with E-state index in [0.717, 1.165) is 12.8 Å². The normalized spacial score (nSPS) is 12.4. The second-order valence-electron chi connectivity index (χ2n) is 3.76. The molecular weight excluding hydrogens is 208 g/mol. The van der Waals surface area contributed by atoms with Crippen molar-refractivity contribution in [1.29, 1.82) is 0 Å². The van der Waals surface area contributed by atoms with Gasteiger partial charge in [0.15, 0.2) is 5.82 Å². The third kappa shape index (κ3) is 4.39. The van der Waals surface area contributed by atoms with Gasteiger partial charge in [-0.05, 0) is 6.42 Å². The highest BCUT2D eigenvalue weighted by Gasteiger charge is 2.09. The summed E-state index contributed by atoms with van der Waals surface area (Å²) in [6, 6.07) is -0.0722. The average molecular weight is 226 g/mol. The SMILES string of the molecule is CCCC(N)CC(=O)NCc1noc(C)n1. The maximum Gasteiger partial charge on any atom is 0.223 e. The number of carbonyl (C=O) groups is 1. The highest BCUT2D eigenvalue weighted by Crippen LogP contribution is 1.99. The van der Waals surface area contributed by atoms with Crippen LogP contribution < -0.4 is 11.1 Å². The minimum Gasteiger partial charge on any atom is -0.349 e. The summed E-state index contributed by atoms with van der Waals surface area (Å²) in [5.41, 5.74) is 5.75. The second-order valence-corrected chi connectivity index (χ2v) is 3.76. The van der Waals surface area contributed by atoms with Gasteiger partial charge >= 0.3 is 0 Å².